The summed E-state index contributed by atoms with van der Waals surface area (Å²) in [7, 11) is 1.55. The van der Waals surface area contributed by atoms with E-state index >= 15 is 0 Å². The number of aliphatic imine (C=N–C) groups is 1. The lowest BCUT2D eigenvalue weighted by molar-refractivity contribution is -0.137. The Hall–Kier alpha value is -2.11. The first-order valence-electron chi connectivity index (χ1n) is 7.86. The maximum Gasteiger partial charge on any atom is 0.419 e. The third-order valence-corrected chi connectivity index (χ3v) is 3.45. The van der Waals surface area contributed by atoms with Gasteiger partial charge in [0, 0.05) is 38.4 Å². The van der Waals surface area contributed by atoms with Crippen LogP contribution in [0, 0.1) is 5.82 Å². The molecule has 27 heavy (non-hydrogen) atoms. The second-order valence-electron chi connectivity index (χ2n) is 5.27. The Labute approximate surface area is 171 Å². The molecule has 0 spiro atoms. The molecule has 0 saturated heterocycles. The number of aromatic nitrogens is 1. The summed E-state index contributed by atoms with van der Waals surface area (Å²) in [6.07, 6.45) is -3.18. The van der Waals surface area contributed by atoms with Gasteiger partial charge in [-0.25, -0.2) is 9.37 Å². The van der Waals surface area contributed by atoms with Crippen molar-refractivity contribution in [2.75, 3.05) is 25.5 Å². The number of anilines is 1. The molecule has 0 fully saturated rings. The number of guanidine groups is 1. The van der Waals surface area contributed by atoms with Gasteiger partial charge in [0.25, 0.3) is 0 Å². The van der Waals surface area contributed by atoms with Gasteiger partial charge in [-0.15, -0.1) is 24.0 Å². The summed E-state index contributed by atoms with van der Waals surface area (Å²) in [4.78, 5) is 7.70. The van der Waals surface area contributed by atoms with E-state index in [2.05, 4.69) is 25.9 Å². The van der Waals surface area contributed by atoms with Crippen molar-refractivity contribution in [1.82, 2.24) is 15.6 Å². The van der Waals surface area contributed by atoms with E-state index in [1.165, 1.54) is 18.3 Å². The maximum atomic E-state index is 13.6. The van der Waals surface area contributed by atoms with Gasteiger partial charge < -0.3 is 16.0 Å². The number of hydrogen-bond donors (Lipinski definition) is 3. The molecular weight excluding hydrogens is 477 g/mol. The minimum atomic E-state index is -4.47. The molecule has 0 radical (unpaired) electrons. The third-order valence-electron chi connectivity index (χ3n) is 3.45. The molecule has 10 heteroatoms. The Morgan fingerprint density at radius 2 is 1.81 bits per heavy atom. The molecule has 3 N–H and O–H groups in total. The van der Waals surface area contributed by atoms with Crippen LogP contribution >= 0.6 is 24.0 Å². The van der Waals surface area contributed by atoms with Crippen LogP contribution in [0.15, 0.2) is 47.6 Å². The summed E-state index contributed by atoms with van der Waals surface area (Å²) in [5.41, 5.74) is -0.334. The molecule has 0 aliphatic heterocycles. The highest BCUT2D eigenvalue weighted by Gasteiger charge is 2.33. The van der Waals surface area contributed by atoms with Crippen molar-refractivity contribution < 1.29 is 17.6 Å². The molecular formula is C17H20F4IN5. The van der Waals surface area contributed by atoms with E-state index in [0.29, 0.717) is 18.1 Å². The first-order chi connectivity index (χ1) is 12.4. The minimum Gasteiger partial charge on any atom is -0.368 e. The summed E-state index contributed by atoms with van der Waals surface area (Å²) in [5, 5.41) is 8.51. The van der Waals surface area contributed by atoms with Crippen LogP contribution in [0.4, 0.5) is 23.4 Å². The lowest BCUT2D eigenvalue weighted by Crippen LogP contribution is -2.39. The molecule has 0 amide bonds. The van der Waals surface area contributed by atoms with Crippen molar-refractivity contribution in [2.24, 2.45) is 4.99 Å². The molecule has 0 bridgehead atoms. The van der Waals surface area contributed by atoms with E-state index in [1.807, 2.05) is 0 Å². The molecule has 2 aromatic rings. The summed E-state index contributed by atoms with van der Waals surface area (Å²) in [6, 6.07) is 8.55. The average molecular weight is 497 g/mol. The van der Waals surface area contributed by atoms with Gasteiger partial charge in [0.1, 0.15) is 11.6 Å². The van der Waals surface area contributed by atoms with Crippen molar-refractivity contribution in [3.05, 3.63) is 59.5 Å². The standard InChI is InChI=1S/C17H19F4N5.HI/c1-22-16(26-11-12-5-2-3-7-14(12)18)25-10-9-24-15-13(17(19,20)21)6-4-8-23-15;/h2-8H,9-11H2,1H3,(H,23,24)(H2,22,25,26);1H. The van der Waals surface area contributed by atoms with Crippen LogP contribution in [0.3, 0.4) is 0 Å². The Morgan fingerprint density at radius 1 is 1.07 bits per heavy atom. The first-order valence-corrected chi connectivity index (χ1v) is 7.86. The quantitative estimate of drug-likeness (QED) is 0.188. The summed E-state index contributed by atoms with van der Waals surface area (Å²) in [5.74, 6) is -0.143. The average Bonchev–Trinajstić information content (AvgIpc) is 2.62. The van der Waals surface area contributed by atoms with E-state index in [9.17, 15) is 17.6 Å². The second-order valence-corrected chi connectivity index (χ2v) is 5.27. The molecule has 0 unspecified atom stereocenters. The molecule has 1 aromatic carbocycles. The number of nitrogens with zero attached hydrogens (tertiary/aromatic N) is 2. The predicted molar refractivity (Wildman–Crippen MR) is 108 cm³/mol. The fraction of sp³-hybridized carbons (Fsp3) is 0.294. The van der Waals surface area contributed by atoms with Crippen molar-refractivity contribution in [3.63, 3.8) is 0 Å². The zero-order chi connectivity index (χ0) is 19.0. The largest absolute Gasteiger partial charge is 0.419 e. The molecule has 2 rings (SSSR count). The van der Waals surface area contributed by atoms with E-state index in [1.54, 1.807) is 25.2 Å². The number of hydrogen-bond acceptors (Lipinski definition) is 3. The molecule has 0 aliphatic carbocycles. The lowest BCUT2D eigenvalue weighted by atomic mass is 10.2. The van der Waals surface area contributed by atoms with Gasteiger partial charge >= 0.3 is 6.18 Å². The molecule has 1 heterocycles. The normalized spacial score (nSPS) is 11.5. The fourth-order valence-electron chi connectivity index (χ4n) is 2.18. The van der Waals surface area contributed by atoms with Crippen molar-refractivity contribution in [1.29, 1.82) is 0 Å². The lowest BCUT2D eigenvalue weighted by Gasteiger charge is -2.15. The number of pyridine rings is 1. The Balaban J connectivity index is 0.00000364. The van der Waals surface area contributed by atoms with Gasteiger partial charge in [-0.3, -0.25) is 4.99 Å². The van der Waals surface area contributed by atoms with Crippen LogP contribution in [0.25, 0.3) is 0 Å². The smallest absolute Gasteiger partial charge is 0.368 e. The van der Waals surface area contributed by atoms with Crippen LogP contribution in [0.2, 0.25) is 0 Å². The van der Waals surface area contributed by atoms with Crippen molar-refractivity contribution in [2.45, 2.75) is 12.7 Å². The number of benzene rings is 1. The predicted octanol–water partition coefficient (Wildman–Crippen LogP) is 3.63. The first kappa shape index (κ1) is 22.9. The molecule has 5 nitrogen and oxygen atoms in total. The molecule has 0 saturated carbocycles. The highest BCUT2D eigenvalue weighted by atomic mass is 127. The third kappa shape index (κ3) is 7.19. The highest BCUT2D eigenvalue weighted by Crippen LogP contribution is 2.33. The zero-order valence-electron chi connectivity index (χ0n) is 14.5. The SMILES string of the molecule is CN=C(NCCNc1ncccc1C(F)(F)F)NCc1ccccc1F.I. The number of alkyl halides is 3. The number of rotatable bonds is 6. The summed E-state index contributed by atoms with van der Waals surface area (Å²) < 4.78 is 52.2. The minimum absolute atomic E-state index is 0. The molecule has 1 aromatic heterocycles. The topological polar surface area (TPSA) is 61.3 Å². The Bertz CT molecular complexity index is 752. The Kier molecular flexibility index (Phi) is 9.26. The Morgan fingerprint density at radius 3 is 2.48 bits per heavy atom. The molecule has 0 aliphatic rings. The molecule has 148 valence electrons. The van der Waals surface area contributed by atoms with Gasteiger partial charge in [-0.05, 0) is 18.2 Å². The molecule has 0 atom stereocenters. The van der Waals surface area contributed by atoms with Crippen LogP contribution in [-0.2, 0) is 12.7 Å². The van der Waals surface area contributed by atoms with Gasteiger partial charge in [0.2, 0.25) is 0 Å². The van der Waals surface area contributed by atoms with Crippen LogP contribution < -0.4 is 16.0 Å². The second kappa shape index (κ2) is 10.9. The maximum absolute atomic E-state index is 13.6. The fourth-order valence-corrected chi connectivity index (χ4v) is 2.18. The zero-order valence-corrected chi connectivity index (χ0v) is 16.8. The van der Waals surface area contributed by atoms with E-state index in [4.69, 9.17) is 0 Å². The summed E-state index contributed by atoms with van der Waals surface area (Å²) >= 11 is 0. The number of nitrogens with one attached hydrogen (secondary N) is 3. The van der Waals surface area contributed by atoms with E-state index < -0.39 is 11.7 Å². The van der Waals surface area contributed by atoms with Crippen molar-refractivity contribution in [3.8, 4) is 0 Å². The van der Waals surface area contributed by atoms with Gasteiger partial charge in [-0.2, -0.15) is 13.2 Å². The van der Waals surface area contributed by atoms with Crippen LogP contribution in [-0.4, -0.2) is 31.1 Å². The van der Waals surface area contributed by atoms with Crippen molar-refractivity contribution >= 4 is 35.8 Å². The van der Waals surface area contributed by atoms with E-state index in [0.717, 1.165) is 6.07 Å². The van der Waals surface area contributed by atoms with Gasteiger partial charge in [0.05, 0.1) is 5.56 Å². The number of halogens is 5. The monoisotopic (exact) mass is 497 g/mol. The van der Waals surface area contributed by atoms with Gasteiger partial charge in [0.15, 0.2) is 5.96 Å². The van der Waals surface area contributed by atoms with Crippen LogP contribution in [0.1, 0.15) is 11.1 Å². The highest BCUT2D eigenvalue weighted by molar-refractivity contribution is 14.0. The summed E-state index contributed by atoms with van der Waals surface area (Å²) in [6.45, 7) is 0.726. The van der Waals surface area contributed by atoms with Crippen LogP contribution in [0.5, 0.6) is 0 Å². The van der Waals surface area contributed by atoms with Gasteiger partial charge in [-0.1, -0.05) is 18.2 Å². The van der Waals surface area contributed by atoms with E-state index in [-0.39, 0.29) is 48.7 Å².